The van der Waals surface area contributed by atoms with E-state index < -0.39 is 9.84 Å². The lowest BCUT2D eigenvalue weighted by Crippen LogP contribution is -2.44. The number of carbonyl (C=O) groups is 1. The van der Waals surface area contributed by atoms with Gasteiger partial charge in [-0.15, -0.1) is 0 Å². The van der Waals surface area contributed by atoms with Crippen molar-refractivity contribution in [2.24, 2.45) is 5.92 Å². The van der Waals surface area contributed by atoms with E-state index in [1.807, 2.05) is 23.1 Å². The van der Waals surface area contributed by atoms with Crippen molar-refractivity contribution in [3.63, 3.8) is 0 Å². The van der Waals surface area contributed by atoms with E-state index >= 15 is 0 Å². The molecule has 7 nitrogen and oxygen atoms in total. The second-order valence-electron chi connectivity index (χ2n) is 7.99. The van der Waals surface area contributed by atoms with Crippen molar-refractivity contribution in [3.8, 4) is 17.0 Å². The Labute approximate surface area is 182 Å². The molecule has 8 heteroatoms. The van der Waals surface area contributed by atoms with E-state index in [4.69, 9.17) is 9.47 Å². The quantitative estimate of drug-likeness (QED) is 0.684. The van der Waals surface area contributed by atoms with E-state index in [0.29, 0.717) is 24.7 Å². The van der Waals surface area contributed by atoms with Gasteiger partial charge in [0.1, 0.15) is 5.75 Å². The number of hydrogen-bond acceptors (Lipinski definition) is 6. The fourth-order valence-electron chi connectivity index (χ4n) is 3.79. The van der Waals surface area contributed by atoms with Gasteiger partial charge in [0.05, 0.1) is 29.7 Å². The largest absolute Gasteiger partial charge is 0.492 e. The maximum absolute atomic E-state index is 12.4. The van der Waals surface area contributed by atoms with Crippen LogP contribution in [-0.4, -0.2) is 56.3 Å². The van der Waals surface area contributed by atoms with E-state index in [1.54, 1.807) is 36.7 Å². The van der Waals surface area contributed by atoms with Crippen LogP contribution in [0.15, 0.2) is 59.8 Å². The van der Waals surface area contributed by atoms with Gasteiger partial charge in [0.25, 0.3) is 5.91 Å². The second-order valence-corrected chi connectivity index (χ2v) is 10.0. The number of likely N-dealkylation sites (tertiary alicyclic amines) is 1. The number of piperidine rings is 1. The number of aromatic nitrogens is 1. The van der Waals surface area contributed by atoms with Gasteiger partial charge in [-0.3, -0.25) is 9.78 Å². The molecule has 0 radical (unpaired) electrons. The molecule has 1 amide bonds. The zero-order valence-electron chi connectivity index (χ0n) is 17.4. The van der Waals surface area contributed by atoms with Gasteiger partial charge in [0, 0.05) is 31.3 Å². The van der Waals surface area contributed by atoms with Gasteiger partial charge >= 0.3 is 0 Å². The third-order valence-corrected chi connectivity index (χ3v) is 6.82. The van der Waals surface area contributed by atoms with Crippen LogP contribution in [0.1, 0.15) is 19.3 Å². The first-order valence-corrected chi connectivity index (χ1v) is 12.3. The Hall–Kier alpha value is -2.87. The van der Waals surface area contributed by atoms with Crippen LogP contribution in [0.3, 0.4) is 0 Å². The lowest BCUT2D eigenvalue weighted by Gasteiger charge is -2.33. The Morgan fingerprint density at radius 1 is 1.16 bits per heavy atom. The van der Waals surface area contributed by atoms with E-state index in [2.05, 4.69) is 4.98 Å². The molecular weight excluding hydrogens is 416 g/mol. The zero-order valence-corrected chi connectivity index (χ0v) is 18.3. The minimum absolute atomic E-state index is 0.0775. The van der Waals surface area contributed by atoms with E-state index in [1.165, 1.54) is 6.26 Å². The number of sulfone groups is 1. The lowest BCUT2D eigenvalue weighted by atomic mass is 9.97. The zero-order chi connectivity index (χ0) is 21.8. The Bertz CT molecular complexity index is 1030. The lowest BCUT2D eigenvalue weighted by molar-refractivity contribution is -0.141. The van der Waals surface area contributed by atoms with Gasteiger partial charge in [-0.1, -0.05) is 12.1 Å². The Morgan fingerprint density at radius 2 is 1.90 bits per heavy atom. The minimum atomic E-state index is -3.21. The van der Waals surface area contributed by atoms with Gasteiger partial charge in [0.15, 0.2) is 15.9 Å². The smallest absolute Gasteiger partial charge is 0.263 e. The molecule has 2 aliphatic rings. The third kappa shape index (κ3) is 5.25. The average molecular weight is 443 g/mol. The van der Waals surface area contributed by atoms with Crippen LogP contribution in [0.4, 0.5) is 0 Å². The van der Waals surface area contributed by atoms with Crippen molar-refractivity contribution in [2.75, 3.05) is 26.0 Å². The summed E-state index contributed by atoms with van der Waals surface area (Å²) in [5, 5.41) is 0. The van der Waals surface area contributed by atoms with Crippen LogP contribution in [0.5, 0.6) is 5.75 Å². The van der Waals surface area contributed by atoms with Crippen LogP contribution in [-0.2, 0) is 19.4 Å². The summed E-state index contributed by atoms with van der Waals surface area (Å²) in [6.45, 7) is 2.05. The standard InChI is InChI=1S/C23H26N2O5S/c1-31(27,28)20-7-4-18(5-8-20)21-9-6-19(15-24-21)30-16-17-10-12-25(13-11-17)23(26)22-3-2-14-29-22/h2,4-9,14-15,17,22H,3,10-13,16H2,1H3. The summed E-state index contributed by atoms with van der Waals surface area (Å²) in [5.74, 6) is 1.17. The molecule has 1 aromatic heterocycles. The normalized spacial score (nSPS) is 19.3. The molecule has 2 aliphatic heterocycles. The van der Waals surface area contributed by atoms with Gasteiger partial charge in [-0.2, -0.15) is 0 Å². The van der Waals surface area contributed by atoms with Crippen molar-refractivity contribution in [2.45, 2.75) is 30.3 Å². The van der Waals surface area contributed by atoms with E-state index in [-0.39, 0.29) is 16.9 Å². The van der Waals surface area contributed by atoms with E-state index in [9.17, 15) is 13.2 Å². The summed E-state index contributed by atoms with van der Waals surface area (Å²) in [4.78, 5) is 19.0. The number of amides is 1. The van der Waals surface area contributed by atoms with Gasteiger partial charge in [0.2, 0.25) is 0 Å². The van der Waals surface area contributed by atoms with Crippen molar-refractivity contribution in [1.29, 1.82) is 0 Å². The van der Waals surface area contributed by atoms with Crippen molar-refractivity contribution >= 4 is 15.7 Å². The fourth-order valence-corrected chi connectivity index (χ4v) is 4.42. The van der Waals surface area contributed by atoms with Gasteiger partial charge < -0.3 is 14.4 Å². The third-order valence-electron chi connectivity index (χ3n) is 5.69. The highest BCUT2D eigenvalue weighted by Gasteiger charge is 2.30. The first-order valence-electron chi connectivity index (χ1n) is 10.4. The molecule has 0 saturated carbocycles. The fraction of sp³-hybridized carbons (Fsp3) is 0.391. The molecule has 164 valence electrons. The molecular formula is C23H26N2O5S. The van der Waals surface area contributed by atoms with Crippen molar-refractivity contribution < 1.29 is 22.7 Å². The predicted molar refractivity (Wildman–Crippen MR) is 116 cm³/mol. The number of ether oxygens (including phenoxy) is 2. The molecule has 4 rings (SSSR count). The summed E-state index contributed by atoms with van der Waals surface area (Å²) in [7, 11) is -3.21. The molecule has 2 aromatic rings. The van der Waals surface area contributed by atoms with Gasteiger partial charge in [-0.25, -0.2) is 8.42 Å². The molecule has 0 spiro atoms. The predicted octanol–water partition coefficient (Wildman–Crippen LogP) is 3.07. The monoisotopic (exact) mass is 442 g/mol. The number of rotatable bonds is 6. The Kier molecular flexibility index (Phi) is 6.27. The second kappa shape index (κ2) is 9.09. The molecule has 1 atom stereocenters. The molecule has 0 bridgehead atoms. The van der Waals surface area contributed by atoms with Gasteiger partial charge in [-0.05, 0) is 49.1 Å². The molecule has 31 heavy (non-hydrogen) atoms. The first-order chi connectivity index (χ1) is 14.9. The Balaban J connectivity index is 1.26. The van der Waals surface area contributed by atoms with Crippen LogP contribution >= 0.6 is 0 Å². The maximum atomic E-state index is 12.4. The van der Waals surface area contributed by atoms with Crippen molar-refractivity contribution in [1.82, 2.24) is 9.88 Å². The number of hydrogen-bond donors (Lipinski definition) is 0. The summed E-state index contributed by atoms with van der Waals surface area (Å²) < 4.78 is 34.4. The topological polar surface area (TPSA) is 85.8 Å². The highest BCUT2D eigenvalue weighted by Crippen LogP contribution is 2.24. The number of nitrogens with zero attached hydrogens (tertiary/aromatic N) is 2. The molecule has 1 fully saturated rings. The van der Waals surface area contributed by atoms with E-state index in [0.717, 1.165) is 37.2 Å². The highest BCUT2D eigenvalue weighted by molar-refractivity contribution is 7.90. The van der Waals surface area contributed by atoms with Crippen LogP contribution in [0, 0.1) is 5.92 Å². The average Bonchev–Trinajstić information content (AvgIpc) is 3.32. The molecule has 1 aromatic carbocycles. The van der Waals surface area contributed by atoms with Crippen molar-refractivity contribution in [3.05, 3.63) is 54.9 Å². The first kappa shape index (κ1) is 21.4. The highest BCUT2D eigenvalue weighted by atomic mass is 32.2. The number of benzene rings is 1. The summed E-state index contributed by atoms with van der Waals surface area (Å²) in [6.07, 6.45) is 8.49. The number of pyridine rings is 1. The molecule has 0 aliphatic carbocycles. The van der Waals surface area contributed by atoms with Crippen LogP contribution in [0.2, 0.25) is 0 Å². The molecule has 1 unspecified atom stereocenters. The SMILES string of the molecule is CS(=O)(=O)c1ccc(-c2ccc(OCC3CCN(C(=O)C4CC=CO4)CC3)cn2)cc1. The maximum Gasteiger partial charge on any atom is 0.263 e. The summed E-state index contributed by atoms with van der Waals surface area (Å²) >= 11 is 0. The summed E-state index contributed by atoms with van der Waals surface area (Å²) in [5.41, 5.74) is 1.60. The Morgan fingerprint density at radius 3 is 2.48 bits per heavy atom. The molecule has 0 N–H and O–H groups in total. The number of carbonyl (C=O) groups excluding carboxylic acids is 1. The van der Waals surface area contributed by atoms with Crippen LogP contribution < -0.4 is 4.74 Å². The molecule has 3 heterocycles. The van der Waals surface area contributed by atoms with Crippen LogP contribution in [0.25, 0.3) is 11.3 Å². The summed E-state index contributed by atoms with van der Waals surface area (Å²) in [6, 6.07) is 10.4. The molecule has 1 saturated heterocycles. The minimum Gasteiger partial charge on any atom is -0.492 e.